The third kappa shape index (κ3) is 7.33. The second kappa shape index (κ2) is 15.7. The molecule has 1 radical (unpaired) electrons. The van der Waals surface area contributed by atoms with E-state index in [2.05, 4.69) is 9.97 Å². The van der Waals surface area contributed by atoms with Gasteiger partial charge in [-0.05, 0) is 119 Å². The predicted octanol–water partition coefficient (Wildman–Crippen LogP) is 11.0. The zero-order chi connectivity index (χ0) is 41.7. The number of rotatable bonds is 8. The number of aromatic amines is 2. The van der Waals surface area contributed by atoms with E-state index in [4.69, 9.17) is 9.97 Å². The van der Waals surface area contributed by atoms with Gasteiger partial charge in [0.1, 0.15) is 0 Å². The fourth-order valence-electron chi connectivity index (χ4n) is 7.42. The number of H-pyrrole nitrogens is 2. The van der Waals surface area contributed by atoms with Gasteiger partial charge in [-0.1, -0.05) is 0 Å². The molecule has 4 aromatic carbocycles. The molecule has 0 saturated heterocycles. The summed E-state index contributed by atoms with van der Waals surface area (Å²) in [6.45, 7) is 0. The van der Waals surface area contributed by atoms with Crippen LogP contribution in [-0.2, 0) is 17.1 Å². The quantitative estimate of drug-likeness (QED) is 0.0834. The van der Waals surface area contributed by atoms with Crippen molar-refractivity contribution in [2.24, 2.45) is 0 Å². The Morgan fingerprint density at radius 3 is 0.705 bits per heavy atom. The molecule has 17 heteroatoms. The van der Waals surface area contributed by atoms with Gasteiger partial charge in [0, 0.05) is 92.9 Å². The van der Waals surface area contributed by atoms with E-state index < -0.39 is 19.7 Å². The van der Waals surface area contributed by atoms with Crippen LogP contribution in [0.5, 0.6) is 0 Å². The molecule has 2 aliphatic heterocycles. The third-order valence-electron chi connectivity index (χ3n) is 10.2. The number of benzene rings is 4. The van der Waals surface area contributed by atoms with Crippen LogP contribution in [0.2, 0.25) is 0 Å². The first-order valence-corrected chi connectivity index (χ1v) is 18.2. The number of fused-ring (bicyclic) bond motifs is 8. The predicted molar refractivity (Wildman–Crippen MR) is 227 cm³/mol. The summed E-state index contributed by atoms with van der Waals surface area (Å²) < 4.78 is 0. The van der Waals surface area contributed by atoms with E-state index in [1.165, 1.54) is 48.5 Å². The first-order valence-electron chi connectivity index (χ1n) is 18.2. The molecule has 0 aliphatic carbocycles. The van der Waals surface area contributed by atoms with E-state index in [-0.39, 0.29) is 39.8 Å². The van der Waals surface area contributed by atoms with Crippen molar-refractivity contribution in [3.8, 4) is 44.5 Å². The molecule has 3 aromatic heterocycles. The van der Waals surface area contributed by atoms with Gasteiger partial charge in [-0.25, -0.2) is 9.97 Å². The Balaban J connectivity index is 0.00000514. The number of nitro groups is 4. The van der Waals surface area contributed by atoms with Gasteiger partial charge in [0.05, 0.1) is 42.5 Å². The number of hydrogen-bond acceptors (Lipinski definition) is 10. The van der Waals surface area contributed by atoms with Gasteiger partial charge in [0.15, 0.2) is 0 Å². The molecule has 0 spiro atoms. The molecular weight excluding hydrogens is 824 g/mol. The summed E-state index contributed by atoms with van der Waals surface area (Å²) in [6.07, 6.45) is 7.28. The molecule has 7 aromatic rings. The minimum absolute atomic E-state index is 0. The standard InChI is InChI=1S/C44H26N8O8.Fe/c53-49(54)29-9-1-25(2-10-29)41-33-17-19-35(45-33)42(26-3-11-30(12-4-26)50(55)56)37-21-23-39(47-37)44(28-7-15-32(16-8-28)52(59)60)40-24-22-38(48-40)43(36-20-18-34(41)46-36)27-5-13-31(14-6-27)51(57)58;/h1-24,45,48H;/q;+3. The Morgan fingerprint density at radius 1 is 0.328 bits per heavy atom. The first kappa shape index (κ1) is 39.4. The van der Waals surface area contributed by atoms with E-state index >= 15 is 0 Å². The molecule has 0 saturated carbocycles. The molecule has 2 N–H and O–H groups in total. The van der Waals surface area contributed by atoms with E-state index in [0.29, 0.717) is 89.4 Å². The van der Waals surface area contributed by atoms with Crippen LogP contribution in [0.3, 0.4) is 0 Å². The topological polar surface area (TPSA) is 230 Å². The monoisotopic (exact) mass is 850 g/mol. The zero-order valence-electron chi connectivity index (χ0n) is 31.2. The fraction of sp³-hybridized carbons (Fsp3) is 0. The van der Waals surface area contributed by atoms with Crippen LogP contribution < -0.4 is 0 Å². The number of nitrogens with zero attached hydrogens (tertiary/aromatic N) is 6. The number of aromatic nitrogens is 4. The zero-order valence-corrected chi connectivity index (χ0v) is 32.3. The Hall–Kier alpha value is -8.40. The number of non-ortho nitro benzene ring substituents is 4. The molecule has 16 nitrogen and oxygen atoms in total. The van der Waals surface area contributed by atoms with Gasteiger partial charge in [-0.3, -0.25) is 40.5 Å². The number of nitro benzene ring substituents is 4. The third-order valence-corrected chi connectivity index (χ3v) is 10.2. The molecule has 295 valence electrons. The first-order chi connectivity index (χ1) is 29.0. The van der Waals surface area contributed by atoms with Crippen molar-refractivity contribution in [1.29, 1.82) is 0 Å². The maximum absolute atomic E-state index is 11.6. The number of nitrogens with one attached hydrogen (secondary N) is 2. The van der Waals surface area contributed by atoms with Gasteiger partial charge in [0.25, 0.3) is 22.7 Å². The van der Waals surface area contributed by atoms with Crippen LogP contribution in [0.1, 0.15) is 22.8 Å². The van der Waals surface area contributed by atoms with Gasteiger partial charge in [-0.2, -0.15) is 0 Å². The van der Waals surface area contributed by atoms with E-state index in [1.54, 1.807) is 48.5 Å². The average Bonchev–Trinajstić information content (AvgIpc) is 4.10. The molecule has 0 atom stereocenters. The summed E-state index contributed by atoms with van der Waals surface area (Å²) in [5, 5.41) is 46.5. The van der Waals surface area contributed by atoms with Crippen molar-refractivity contribution < 1.29 is 36.8 Å². The molecule has 2 aliphatic rings. The van der Waals surface area contributed by atoms with Crippen molar-refractivity contribution in [3.05, 3.63) is 185 Å². The van der Waals surface area contributed by atoms with Gasteiger partial charge >= 0.3 is 17.1 Å². The summed E-state index contributed by atoms with van der Waals surface area (Å²) in [7, 11) is 0. The molecule has 0 amide bonds. The molecule has 5 heterocycles. The van der Waals surface area contributed by atoms with Crippen LogP contribution in [-0.4, -0.2) is 39.6 Å². The Bertz CT molecular complexity index is 2770. The van der Waals surface area contributed by atoms with Crippen LogP contribution in [0, 0.1) is 40.5 Å². The Morgan fingerprint density at radius 2 is 0.525 bits per heavy atom. The maximum Gasteiger partial charge on any atom is 3.00 e. The Labute approximate surface area is 353 Å². The summed E-state index contributed by atoms with van der Waals surface area (Å²) in [6, 6.07) is 31.8. The van der Waals surface area contributed by atoms with Gasteiger partial charge in [0.2, 0.25) is 0 Å². The van der Waals surface area contributed by atoms with Crippen molar-refractivity contribution in [3.63, 3.8) is 0 Å². The molecular formula is C44H26FeN8O8+3. The smallest absolute Gasteiger partial charge is 0.354 e. The van der Waals surface area contributed by atoms with Gasteiger partial charge < -0.3 is 9.97 Å². The van der Waals surface area contributed by atoms with Crippen LogP contribution in [0.15, 0.2) is 121 Å². The molecule has 9 rings (SSSR count). The summed E-state index contributed by atoms with van der Waals surface area (Å²) in [5.41, 5.74) is 8.95. The van der Waals surface area contributed by atoms with Crippen molar-refractivity contribution in [2.75, 3.05) is 0 Å². The number of hydrogen-bond donors (Lipinski definition) is 2. The van der Waals surface area contributed by atoms with Crippen molar-refractivity contribution in [1.82, 2.24) is 19.9 Å². The normalized spacial score (nSPS) is 11.5. The van der Waals surface area contributed by atoms with E-state index in [1.807, 2.05) is 48.6 Å². The molecule has 61 heavy (non-hydrogen) atoms. The summed E-state index contributed by atoms with van der Waals surface area (Å²) in [5.74, 6) is 0. The summed E-state index contributed by atoms with van der Waals surface area (Å²) >= 11 is 0. The minimum Gasteiger partial charge on any atom is -0.354 e. The Kier molecular flexibility index (Phi) is 10.2. The second-order valence-electron chi connectivity index (χ2n) is 13.7. The SMILES string of the molecule is O=[N+]([O-])c1ccc(-c2c3nc(c(-c4ccc([N+](=O)[O-])cc4)c4ccc([nH]4)c(-c4ccc([N+](=O)[O-])cc4)c4nc(c(-c5ccc([N+](=O)[O-])cc5)c5ccc2[nH]5)C=C4)C=C3)cc1.[Fe+3]. The maximum atomic E-state index is 11.6. The minimum atomic E-state index is -0.480. The molecule has 0 fully saturated rings. The van der Waals surface area contributed by atoms with Crippen LogP contribution in [0.25, 0.3) is 90.9 Å². The molecule has 0 unspecified atom stereocenters. The van der Waals surface area contributed by atoms with Crippen LogP contribution >= 0.6 is 0 Å². The molecule has 8 bridgehead atoms. The van der Waals surface area contributed by atoms with Gasteiger partial charge in [-0.15, -0.1) is 0 Å². The van der Waals surface area contributed by atoms with Crippen LogP contribution in [0.4, 0.5) is 22.7 Å². The van der Waals surface area contributed by atoms with E-state index in [0.717, 1.165) is 0 Å². The van der Waals surface area contributed by atoms with Crippen molar-refractivity contribution in [2.45, 2.75) is 0 Å². The van der Waals surface area contributed by atoms with E-state index in [9.17, 15) is 40.5 Å². The largest absolute Gasteiger partial charge is 3.00 e. The average molecular weight is 851 g/mol. The summed E-state index contributed by atoms with van der Waals surface area (Å²) in [4.78, 5) is 61.8. The fourth-order valence-corrected chi connectivity index (χ4v) is 7.42. The second-order valence-corrected chi connectivity index (χ2v) is 13.7. The van der Waals surface area contributed by atoms with Crippen molar-refractivity contribution >= 4 is 69.1 Å².